The monoisotopic (exact) mass is 398 g/mol. The van der Waals surface area contributed by atoms with E-state index in [9.17, 15) is 17.6 Å². The lowest BCUT2D eigenvalue weighted by atomic mass is 10.0. The standard InChI is InChI=1S/C17H19FN2O4S2/c1-24-15-5-4-12(11-14(15)18)17(21)20-8-6-13(7-9-20)19-26(22,23)16-3-2-10-25-16/h2-5,10-11,13,19H,6-9H2,1H3. The maximum absolute atomic E-state index is 13.8. The molecule has 9 heteroatoms. The number of carbonyl (C=O) groups excluding carboxylic acids is 1. The fourth-order valence-corrected chi connectivity index (χ4v) is 5.19. The van der Waals surface area contributed by atoms with E-state index in [-0.39, 0.29) is 27.5 Å². The number of amides is 1. The van der Waals surface area contributed by atoms with E-state index in [4.69, 9.17) is 4.74 Å². The summed E-state index contributed by atoms with van der Waals surface area (Å²) in [5.74, 6) is -0.772. The summed E-state index contributed by atoms with van der Waals surface area (Å²) >= 11 is 1.16. The maximum atomic E-state index is 13.8. The Kier molecular flexibility index (Phi) is 5.59. The molecule has 1 N–H and O–H groups in total. The number of ether oxygens (including phenoxy) is 1. The molecular formula is C17H19FN2O4S2. The topological polar surface area (TPSA) is 75.7 Å². The van der Waals surface area contributed by atoms with Gasteiger partial charge in [-0.1, -0.05) is 6.07 Å². The van der Waals surface area contributed by atoms with Gasteiger partial charge in [0.15, 0.2) is 11.6 Å². The highest BCUT2D eigenvalue weighted by Gasteiger charge is 2.27. The minimum absolute atomic E-state index is 0.0863. The van der Waals surface area contributed by atoms with E-state index in [1.165, 1.54) is 19.2 Å². The van der Waals surface area contributed by atoms with Crippen molar-refractivity contribution in [3.05, 3.63) is 47.1 Å². The number of hydrogen-bond acceptors (Lipinski definition) is 5. The average Bonchev–Trinajstić information content (AvgIpc) is 3.17. The minimum Gasteiger partial charge on any atom is -0.494 e. The van der Waals surface area contributed by atoms with Gasteiger partial charge >= 0.3 is 0 Å². The van der Waals surface area contributed by atoms with Crippen LogP contribution >= 0.6 is 11.3 Å². The van der Waals surface area contributed by atoms with Crippen LogP contribution in [-0.2, 0) is 10.0 Å². The molecular weight excluding hydrogens is 379 g/mol. The van der Waals surface area contributed by atoms with Gasteiger partial charge in [0, 0.05) is 24.7 Å². The number of piperidine rings is 1. The zero-order valence-corrected chi connectivity index (χ0v) is 15.8. The van der Waals surface area contributed by atoms with Gasteiger partial charge in [0.05, 0.1) is 7.11 Å². The van der Waals surface area contributed by atoms with Gasteiger partial charge in [-0.2, -0.15) is 0 Å². The first-order valence-corrected chi connectivity index (χ1v) is 10.5. The number of thiophene rings is 1. The van der Waals surface area contributed by atoms with Crippen LogP contribution in [0.3, 0.4) is 0 Å². The highest BCUT2D eigenvalue weighted by Crippen LogP contribution is 2.22. The Morgan fingerprint density at radius 3 is 2.62 bits per heavy atom. The summed E-state index contributed by atoms with van der Waals surface area (Å²) < 4.78 is 46.1. The normalized spacial score (nSPS) is 15.8. The molecule has 26 heavy (non-hydrogen) atoms. The Balaban J connectivity index is 1.60. The second-order valence-corrected chi connectivity index (χ2v) is 8.86. The van der Waals surface area contributed by atoms with Crippen molar-refractivity contribution in [2.45, 2.75) is 23.1 Å². The molecule has 3 rings (SSSR count). The summed E-state index contributed by atoms with van der Waals surface area (Å²) in [6, 6.07) is 7.13. The van der Waals surface area contributed by atoms with Crippen LogP contribution in [0.15, 0.2) is 39.9 Å². The maximum Gasteiger partial charge on any atom is 0.253 e. The third-order valence-corrected chi connectivity index (χ3v) is 7.18. The molecule has 0 radical (unpaired) electrons. The van der Waals surface area contributed by atoms with E-state index in [1.54, 1.807) is 22.4 Å². The summed E-state index contributed by atoms with van der Waals surface area (Å²) in [5.41, 5.74) is 0.251. The van der Waals surface area contributed by atoms with Gasteiger partial charge in [0.2, 0.25) is 10.0 Å². The number of benzene rings is 1. The number of sulfonamides is 1. The fraction of sp³-hybridized carbons (Fsp3) is 0.353. The van der Waals surface area contributed by atoms with Crippen LogP contribution in [0.25, 0.3) is 0 Å². The first kappa shape index (κ1) is 18.8. The third kappa shape index (κ3) is 4.05. The van der Waals surface area contributed by atoms with Crippen LogP contribution < -0.4 is 9.46 Å². The number of nitrogens with zero attached hydrogens (tertiary/aromatic N) is 1. The highest BCUT2D eigenvalue weighted by molar-refractivity contribution is 7.91. The van der Waals surface area contributed by atoms with Crippen molar-refractivity contribution in [2.75, 3.05) is 20.2 Å². The molecule has 1 aromatic carbocycles. The van der Waals surface area contributed by atoms with E-state index in [0.29, 0.717) is 25.9 Å². The molecule has 1 aromatic heterocycles. The van der Waals surface area contributed by atoms with Crippen molar-refractivity contribution in [3.63, 3.8) is 0 Å². The predicted octanol–water partition coefficient (Wildman–Crippen LogP) is 2.48. The minimum atomic E-state index is -3.52. The second-order valence-electron chi connectivity index (χ2n) is 5.97. The smallest absolute Gasteiger partial charge is 0.253 e. The molecule has 0 saturated carbocycles. The number of methoxy groups -OCH3 is 1. The van der Waals surface area contributed by atoms with E-state index in [2.05, 4.69) is 4.72 Å². The molecule has 2 heterocycles. The van der Waals surface area contributed by atoms with Crippen molar-refractivity contribution in [3.8, 4) is 5.75 Å². The van der Waals surface area contributed by atoms with Crippen LogP contribution in [-0.4, -0.2) is 45.5 Å². The zero-order valence-electron chi connectivity index (χ0n) is 14.1. The van der Waals surface area contributed by atoms with E-state index in [0.717, 1.165) is 17.4 Å². The summed E-state index contributed by atoms with van der Waals surface area (Å²) in [6.07, 6.45) is 1.02. The Labute approximate surface area is 155 Å². The van der Waals surface area contributed by atoms with Gasteiger partial charge in [-0.15, -0.1) is 11.3 Å². The lowest BCUT2D eigenvalue weighted by Gasteiger charge is -2.32. The fourth-order valence-electron chi connectivity index (χ4n) is 2.88. The Morgan fingerprint density at radius 1 is 1.31 bits per heavy atom. The molecule has 140 valence electrons. The summed E-state index contributed by atoms with van der Waals surface area (Å²) in [7, 11) is -2.16. The van der Waals surface area contributed by atoms with Crippen LogP contribution in [0.4, 0.5) is 4.39 Å². The molecule has 2 aromatic rings. The molecule has 1 fully saturated rings. The molecule has 0 atom stereocenters. The lowest BCUT2D eigenvalue weighted by Crippen LogP contribution is -2.46. The highest BCUT2D eigenvalue weighted by atomic mass is 32.2. The second kappa shape index (κ2) is 7.73. The first-order chi connectivity index (χ1) is 12.4. The van der Waals surface area contributed by atoms with E-state index in [1.807, 2.05) is 0 Å². The lowest BCUT2D eigenvalue weighted by molar-refractivity contribution is 0.0710. The van der Waals surface area contributed by atoms with Crippen LogP contribution in [0.1, 0.15) is 23.2 Å². The van der Waals surface area contributed by atoms with Crippen molar-refractivity contribution in [2.24, 2.45) is 0 Å². The molecule has 0 unspecified atom stereocenters. The molecule has 0 bridgehead atoms. The zero-order chi connectivity index (χ0) is 18.7. The molecule has 1 aliphatic heterocycles. The molecule has 0 aliphatic carbocycles. The van der Waals surface area contributed by atoms with Crippen LogP contribution in [0, 0.1) is 5.82 Å². The summed E-state index contributed by atoms with van der Waals surface area (Å²) in [6.45, 7) is 0.814. The van der Waals surface area contributed by atoms with Crippen molar-refractivity contribution >= 4 is 27.3 Å². The molecule has 1 amide bonds. The number of nitrogens with one attached hydrogen (secondary N) is 1. The summed E-state index contributed by atoms with van der Waals surface area (Å²) in [4.78, 5) is 14.1. The van der Waals surface area contributed by atoms with Gasteiger partial charge in [-0.3, -0.25) is 4.79 Å². The predicted molar refractivity (Wildman–Crippen MR) is 96.5 cm³/mol. The average molecular weight is 398 g/mol. The van der Waals surface area contributed by atoms with Crippen LogP contribution in [0.2, 0.25) is 0 Å². The van der Waals surface area contributed by atoms with E-state index < -0.39 is 15.8 Å². The number of likely N-dealkylation sites (tertiary alicyclic amines) is 1. The van der Waals surface area contributed by atoms with Gasteiger partial charge in [0.1, 0.15) is 4.21 Å². The number of carbonyl (C=O) groups is 1. The molecule has 0 spiro atoms. The SMILES string of the molecule is COc1ccc(C(=O)N2CCC(NS(=O)(=O)c3cccs3)CC2)cc1F. The quantitative estimate of drug-likeness (QED) is 0.840. The molecule has 1 saturated heterocycles. The number of rotatable bonds is 5. The largest absolute Gasteiger partial charge is 0.494 e. The van der Waals surface area contributed by atoms with Crippen LogP contribution in [0.5, 0.6) is 5.75 Å². The first-order valence-electron chi connectivity index (χ1n) is 8.09. The van der Waals surface area contributed by atoms with Gasteiger partial charge < -0.3 is 9.64 Å². The Morgan fingerprint density at radius 2 is 2.04 bits per heavy atom. The van der Waals surface area contributed by atoms with Crippen molar-refractivity contribution in [1.82, 2.24) is 9.62 Å². The van der Waals surface area contributed by atoms with Gasteiger partial charge in [-0.05, 0) is 42.5 Å². The molecule has 6 nitrogen and oxygen atoms in total. The third-order valence-electron chi connectivity index (χ3n) is 4.26. The van der Waals surface area contributed by atoms with Crippen molar-refractivity contribution < 1.29 is 22.3 Å². The van der Waals surface area contributed by atoms with Gasteiger partial charge in [0.25, 0.3) is 5.91 Å². The Bertz CT molecular complexity index is 876. The molecule has 1 aliphatic rings. The van der Waals surface area contributed by atoms with E-state index >= 15 is 0 Å². The van der Waals surface area contributed by atoms with Crippen molar-refractivity contribution in [1.29, 1.82) is 0 Å². The Hall–Kier alpha value is -1.97. The summed E-state index contributed by atoms with van der Waals surface area (Å²) in [5, 5.41) is 1.71. The number of hydrogen-bond donors (Lipinski definition) is 1. The van der Waals surface area contributed by atoms with Gasteiger partial charge in [-0.25, -0.2) is 17.5 Å². The number of halogens is 1.